The van der Waals surface area contributed by atoms with Gasteiger partial charge in [-0.15, -0.1) is 0 Å². The molecule has 1 aliphatic rings. The molecule has 206 valence electrons. The van der Waals surface area contributed by atoms with Crippen molar-refractivity contribution in [2.24, 2.45) is 0 Å². The number of aromatic amines is 1. The van der Waals surface area contributed by atoms with E-state index in [2.05, 4.69) is 10.3 Å². The van der Waals surface area contributed by atoms with Crippen LogP contribution < -0.4 is 20.3 Å². The van der Waals surface area contributed by atoms with Gasteiger partial charge in [0.25, 0.3) is 5.56 Å². The summed E-state index contributed by atoms with van der Waals surface area (Å²) in [6, 6.07) is 19.4. The number of unbranched alkanes of at least 4 members (excludes halogenated alkanes) is 1. The molecule has 0 saturated heterocycles. The molecule has 9 nitrogen and oxygen atoms in total. The largest absolute Gasteiger partial charge is 0.481 e. The third kappa shape index (κ3) is 5.98. The molecule has 3 N–H and O–H groups in total. The van der Waals surface area contributed by atoms with Crippen LogP contribution in [0, 0.1) is 0 Å². The summed E-state index contributed by atoms with van der Waals surface area (Å²) in [7, 11) is 0. The normalized spacial score (nSPS) is 13.6. The number of carboxylic acids is 1. The average Bonchev–Trinajstić information content (AvgIpc) is 3.42. The first kappa shape index (κ1) is 26.9. The van der Waals surface area contributed by atoms with E-state index in [1.165, 1.54) is 0 Å². The molecule has 1 amide bonds. The predicted octanol–water partition coefficient (Wildman–Crippen LogP) is 4.85. The Balaban J connectivity index is 1.50. The molecule has 0 radical (unpaired) electrons. The van der Waals surface area contributed by atoms with Crippen molar-refractivity contribution >= 4 is 22.9 Å². The van der Waals surface area contributed by atoms with E-state index < -0.39 is 17.9 Å². The lowest BCUT2D eigenvalue weighted by Gasteiger charge is -2.23. The summed E-state index contributed by atoms with van der Waals surface area (Å²) in [4.78, 5) is 46.2. The number of nitrogens with one attached hydrogen (secondary N) is 2. The van der Waals surface area contributed by atoms with Gasteiger partial charge in [-0.2, -0.15) is 0 Å². The molecule has 0 bridgehead atoms. The molecule has 5 rings (SSSR count). The lowest BCUT2D eigenvalue weighted by atomic mass is 9.90. The smallest absolute Gasteiger partial charge is 0.305 e. The van der Waals surface area contributed by atoms with Crippen LogP contribution in [-0.2, 0) is 16.0 Å². The van der Waals surface area contributed by atoms with Crippen LogP contribution in [0.4, 0.5) is 0 Å². The summed E-state index contributed by atoms with van der Waals surface area (Å²) in [6.45, 7) is 2.14. The van der Waals surface area contributed by atoms with E-state index in [1.807, 2.05) is 43.3 Å². The fourth-order valence-electron chi connectivity index (χ4n) is 5.02. The van der Waals surface area contributed by atoms with Gasteiger partial charge < -0.3 is 24.9 Å². The van der Waals surface area contributed by atoms with E-state index in [-0.39, 0.29) is 24.7 Å². The first-order chi connectivity index (χ1) is 19.4. The molecule has 3 aromatic carbocycles. The number of hydrogen-bond acceptors (Lipinski definition) is 6. The number of nitrogens with zero attached hydrogens (tertiary/aromatic N) is 1. The molecule has 1 aliphatic heterocycles. The number of fused-ring (bicyclic) bond motifs is 2. The Kier molecular flexibility index (Phi) is 8.10. The molecule has 0 fully saturated rings. The van der Waals surface area contributed by atoms with Crippen molar-refractivity contribution in [2.45, 2.75) is 51.0 Å². The standard InChI is InChI=1S/C31H31N3O6/c1-2-3-10-22(30(37)34-24(17-28(35)36)20-13-14-26-27(16-20)40-18-39-26)21-11-7-12-23-29(21)32-25(31(38)33-23)15-19-8-5-4-6-9-19/h4-9,11-14,16,22,24H,2-3,10,15,17-18H2,1H3,(H,33,38)(H,34,37)(H,35,36). The number of ether oxygens (including phenoxy) is 2. The quantitative estimate of drug-likeness (QED) is 0.247. The number of carbonyl (C=O) groups is 2. The highest BCUT2D eigenvalue weighted by Crippen LogP contribution is 2.35. The van der Waals surface area contributed by atoms with Crippen molar-refractivity contribution in [1.29, 1.82) is 0 Å². The highest BCUT2D eigenvalue weighted by atomic mass is 16.7. The molecule has 4 aromatic rings. The molecule has 9 heteroatoms. The van der Waals surface area contributed by atoms with Gasteiger partial charge in [0.05, 0.1) is 29.4 Å². The van der Waals surface area contributed by atoms with E-state index in [9.17, 15) is 19.5 Å². The minimum absolute atomic E-state index is 0.0935. The number of H-pyrrole nitrogens is 1. The van der Waals surface area contributed by atoms with Crippen LogP contribution in [0.25, 0.3) is 11.0 Å². The van der Waals surface area contributed by atoms with Crippen LogP contribution >= 0.6 is 0 Å². The number of carboxylic acid groups (broad SMARTS) is 1. The highest BCUT2D eigenvalue weighted by molar-refractivity contribution is 5.90. The van der Waals surface area contributed by atoms with Crippen molar-refractivity contribution < 1.29 is 24.2 Å². The third-order valence-electron chi connectivity index (χ3n) is 7.07. The van der Waals surface area contributed by atoms with E-state index in [1.54, 1.807) is 30.3 Å². The summed E-state index contributed by atoms with van der Waals surface area (Å²) in [5.74, 6) is -0.854. The Morgan fingerprint density at radius 3 is 2.62 bits per heavy atom. The van der Waals surface area contributed by atoms with Crippen molar-refractivity contribution in [3.05, 3.63) is 99.5 Å². The first-order valence-corrected chi connectivity index (χ1v) is 13.4. The molecular formula is C31H31N3O6. The number of hydrogen-bond donors (Lipinski definition) is 3. The second kappa shape index (κ2) is 12.0. The van der Waals surface area contributed by atoms with Crippen molar-refractivity contribution in [3.8, 4) is 11.5 Å². The molecule has 0 aliphatic carbocycles. The number of amides is 1. The van der Waals surface area contributed by atoms with Gasteiger partial charge >= 0.3 is 5.97 Å². The lowest BCUT2D eigenvalue weighted by Crippen LogP contribution is -2.34. The summed E-state index contributed by atoms with van der Waals surface area (Å²) in [5.41, 5.74) is 3.46. The Bertz CT molecular complexity index is 1580. The molecule has 0 saturated carbocycles. The van der Waals surface area contributed by atoms with Crippen LogP contribution in [0.2, 0.25) is 0 Å². The van der Waals surface area contributed by atoms with Crippen molar-refractivity contribution in [2.75, 3.05) is 6.79 Å². The highest BCUT2D eigenvalue weighted by Gasteiger charge is 2.28. The topological polar surface area (TPSA) is 131 Å². The number of para-hydroxylation sites is 1. The van der Waals surface area contributed by atoms with Crippen LogP contribution in [0.3, 0.4) is 0 Å². The van der Waals surface area contributed by atoms with Crippen LogP contribution in [0.5, 0.6) is 11.5 Å². The van der Waals surface area contributed by atoms with E-state index >= 15 is 0 Å². The lowest BCUT2D eigenvalue weighted by molar-refractivity contribution is -0.137. The van der Waals surface area contributed by atoms with Crippen LogP contribution in [-0.4, -0.2) is 33.7 Å². The second-order valence-corrected chi connectivity index (χ2v) is 9.88. The SMILES string of the molecule is CCCCC(C(=O)NC(CC(=O)O)c1ccc2c(c1)OCO2)c1cccc2[nH]c(=O)c(Cc3ccccc3)nc12. The monoisotopic (exact) mass is 541 g/mol. The number of rotatable bonds is 11. The minimum Gasteiger partial charge on any atom is -0.481 e. The zero-order valence-electron chi connectivity index (χ0n) is 22.2. The molecule has 2 atom stereocenters. The molecule has 2 heterocycles. The van der Waals surface area contributed by atoms with Crippen molar-refractivity contribution in [1.82, 2.24) is 15.3 Å². The third-order valence-corrected chi connectivity index (χ3v) is 7.07. The molecule has 1 aromatic heterocycles. The zero-order valence-corrected chi connectivity index (χ0v) is 22.2. The Morgan fingerprint density at radius 2 is 1.85 bits per heavy atom. The summed E-state index contributed by atoms with van der Waals surface area (Å²) < 4.78 is 10.8. The van der Waals surface area contributed by atoms with Gasteiger partial charge in [0.1, 0.15) is 5.69 Å². The fraction of sp³-hybridized carbons (Fsp3) is 0.290. The molecule has 0 spiro atoms. The maximum Gasteiger partial charge on any atom is 0.305 e. The Morgan fingerprint density at radius 1 is 1.05 bits per heavy atom. The zero-order chi connectivity index (χ0) is 28.1. The van der Waals surface area contributed by atoms with E-state index in [0.717, 1.165) is 18.4 Å². The van der Waals surface area contributed by atoms with Gasteiger partial charge in [0, 0.05) is 6.42 Å². The Hall–Kier alpha value is -4.66. The average molecular weight is 542 g/mol. The number of benzene rings is 3. The maximum absolute atomic E-state index is 13.9. The number of aromatic nitrogens is 2. The van der Waals surface area contributed by atoms with Crippen LogP contribution in [0.15, 0.2) is 71.5 Å². The molecule has 40 heavy (non-hydrogen) atoms. The van der Waals surface area contributed by atoms with Gasteiger partial charge in [-0.3, -0.25) is 14.4 Å². The van der Waals surface area contributed by atoms with Gasteiger partial charge in [-0.25, -0.2) is 4.98 Å². The predicted molar refractivity (Wildman–Crippen MR) is 150 cm³/mol. The van der Waals surface area contributed by atoms with E-state index in [0.29, 0.717) is 52.2 Å². The van der Waals surface area contributed by atoms with E-state index in [4.69, 9.17) is 14.5 Å². The molecule has 2 unspecified atom stereocenters. The maximum atomic E-state index is 13.9. The summed E-state index contributed by atoms with van der Waals surface area (Å²) in [5, 5.41) is 12.6. The van der Waals surface area contributed by atoms with Gasteiger partial charge in [0.15, 0.2) is 11.5 Å². The second-order valence-electron chi connectivity index (χ2n) is 9.88. The molecular weight excluding hydrogens is 510 g/mol. The first-order valence-electron chi connectivity index (χ1n) is 13.4. The summed E-state index contributed by atoms with van der Waals surface area (Å²) in [6.07, 6.45) is 2.25. The van der Waals surface area contributed by atoms with Gasteiger partial charge in [0.2, 0.25) is 12.7 Å². The number of aliphatic carboxylic acids is 1. The fourth-order valence-corrected chi connectivity index (χ4v) is 5.02. The Labute approximate surface area is 231 Å². The number of carbonyl (C=O) groups excluding carboxylic acids is 1. The van der Waals surface area contributed by atoms with Gasteiger partial charge in [-0.1, -0.05) is 68.3 Å². The summed E-state index contributed by atoms with van der Waals surface area (Å²) >= 11 is 0. The minimum atomic E-state index is -1.04. The van der Waals surface area contributed by atoms with Crippen molar-refractivity contribution in [3.63, 3.8) is 0 Å². The van der Waals surface area contributed by atoms with Gasteiger partial charge in [-0.05, 0) is 41.3 Å². The van der Waals surface area contributed by atoms with Crippen LogP contribution in [0.1, 0.15) is 67.0 Å².